The van der Waals surface area contributed by atoms with Crippen LogP contribution in [0.15, 0.2) is 70.6 Å². The molecule has 5 rings (SSSR count). The number of hydrogen-bond donors (Lipinski definition) is 14. The van der Waals surface area contributed by atoms with Gasteiger partial charge in [0.2, 0.25) is 53.2 Å². The molecule has 9 unspecified atom stereocenters. The highest BCUT2D eigenvalue weighted by atomic mass is 16.4. The average molecular weight is 1200 g/mol. The van der Waals surface area contributed by atoms with Crippen molar-refractivity contribution in [1.82, 2.24) is 46.6 Å². The van der Waals surface area contributed by atoms with E-state index in [0.29, 0.717) is 69.0 Å². The van der Waals surface area contributed by atoms with E-state index in [1.807, 2.05) is 0 Å². The van der Waals surface area contributed by atoms with E-state index in [9.17, 15) is 58.2 Å². The minimum atomic E-state index is -1.61. The number of aliphatic carboxylic acids is 1. The number of nitrogens with one attached hydrogen (secondary N) is 6. The Morgan fingerprint density at radius 3 is 1.53 bits per heavy atom. The van der Waals surface area contributed by atoms with Crippen LogP contribution in [0.3, 0.4) is 0 Å². The lowest BCUT2D eigenvalue weighted by Gasteiger charge is -2.33. The summed E-state index contributed by atoms with van der Waals surface area (Å²) in [6.45, 7) is -0.375. The molecule has 3 aliphatic heterocycles. The third-order valence-corrected chi connectivity index (χ3v) is 15.0. The van der Waals surface area contributed by atoms with Gasteiger partial charge in [-0.15, -0.1) is 0 Å². The fourth-order valence-electron chi connectivity index (χ4n) is 10.6. The summed E-state index contributed by atoms with van der Waals surface area (Å²) in [6.07, 6.45) is 4.09. The number of nitrogens with zero attached hydrogens (tertiary/aromatic N) is 5. The molecule has 0 saturated carbocycles. The number of hydrogen-bond acceptors (Lipinski definition) is 15. The average Bonchev–Trinajstić information content (AvgIpc) is 3.76. The topological polar surface area (TPSA) is 474 Å². The van der Waals surface area contributed by atoms with E-state index in [2.05, 4.69) is 41.9 Å². The molecule has 0 aliphatic carbocycles. The number of aliphatic hydroxyl groups is 1. The number of likely N-dealkylation sites (tertiary alicyclic amines) is 3. The van der Waals surface area contributed by atoms with Crippen LogP contribution >= 0.6 is 0 Å². The quantitative estimate of drug-likeness (QED) is 0.0186. The predicted molar refractivity (Wildman–Crippen MR) is 319 cm³/mol. The van der Waals surface area contributed by atoms with Crippen LogP contribution < -0.4 is 66.3 Å². The minimum Gasteiger partial charge on any atom is -0.480 e. The van der Waals surface area contributed by atoms with Crippen LogP contribution in [0.5, 0.6) is 0 Å². The Kier molecular flexibility index (Phi) is 29.1. The number of carbonyl (C=O) groups excluding carboxylic acids is 9. The molecule has 20 N–H and O–H groups in total. The second-order valence-electron chi connectivity index (χ2n) is 21.3. The van der Waals surface area contributed by atoms with E-state index in [1.165, 1.54) is 14.7 Å². The fourth-order valence-corrected chi connectivity index (χ4v) is 10.6. The van der Waals surface area contributed by atoms with Crippen molar-refractivity contribution in [2.45, 2.75) is 158 Å². The first kappa shape index (κ1) is 70.0. The molecule has 9 amide bonds. The van der Waals surface area contributed by atoms with Crippen molar-refractivity contribution in [3.63, 3.8) is 0 Å². The predicted octanol–water partition coefficient (Wildman–Crippen LogP) is -3.74. The summed E-state index contributed by atoms with van der Waals surface area (Å²) in [4.78, 5) is 150. The number of carboxylic acids is 1. The number of carboxylic acid groups (broad SMARTS) is 1. The SMILES string of the molecule is C.NCCCCC(N)C(=O)NC(CCCN=C(N)N)C(=O)N1CCCC1C(=O)N1CCCC1C(=O)NCC(=O)NC(Cc1ccccc1)C(=O)NC(CO)C(=O)N1CCCC1C(=O)NC(Cc1ccccc1)C(=O)NC(CCCN=C(N)N)C(=O)O. The summed E-state index contributed by atoms with van der Waals surface area (Å²) in [6, 6.07) is 6.55. The summed E-state index contributed by atoms with van der Waals surface area (Å²) >= 11 is 0. The van der Waals surface area contributed by atoms with Gasteiger partial charge in [0.05, 0.1) is 19.2 Å². The molecule has 2 aromatic carbocycles. The molecule has 0 radical (unpaired) electrons. The number of unbranched alkanes of at least 4 members (excludes halogenated alkanes) is 1. The number of guanidine groups is 2. The molecule has 0 bridgehead atoms. The van der Waals surface area contributed by atoms with Gasteiger partial charge in [0, 0.05) is 45.6 Å². The lowest BCUT2D eigenvalue weighted by Crippen LogP contribution is -2.60. The maximum absolute atomic E-state index is 14.3. The van der Waals surface area contributed by atoms with Gasteiger partial charge in [0.25, 0.3) is 0 Å². The van der Waals surface area contributed by atoms with Crippen molar-refractivity contribution in [2.24, 2.45) is 44.4 Å². The molecule has 474 valence electrons. The number of carbonyl (C=O) groups is 10. The molecule has 29 nitrogen and oxygen atoms in total. The summed E-state index contributed by atoms with van der Waals surface area (Å²) in [7, 11) is 0. The Labute approximate surface area is 501 Å². The molecule has 0 aromatic heterocycles. The molecule has 9 atom stereocenters. The van der Waals surface area contributed by atoms with Crippen LogP contribution in [-0.4, -0.2) is 203 Å². The fraction of sp³-hybridized carbons (Fsp3) is 0.579. The van der Waals surface area contributed by atoms with Crippen molar-refractivity contribution in [3.8, 4) is 0 Å². The van der Waals surface area contributed by atoms with E-state index in [4.69, 9.17) is 34.4 Å². The van der Waals surface area contributed by atoms with Gasteiger partial charge in [-0.05, 0) is 94.7 Å². The van der Waals surface area contributed by atoms with Crippen molar-refractivity contribution in [3.05, 3.63) is 71.8 Å². The second-order valence-corrected chi connectivity index (χ2v) is 21.3. The highest BCUT2D eigenvalue weighted by molar-refractivity contribution is 5.98. The van der Waals surface area contributed by atoms with E-state index in [0.717, 1.165) is 0 Å². The van der Waals surface area contributed by atoms with Crippen molar-refractivity contribution in [2.75, 3.05) is 52.4 Å². The molecular weight excluding hydrogens is 1110 g/mol. The number of aliphatic imine (C=N–C) groups is 2. The number of aliphatic hydroxyl groups excluding tert-OH is 1. The molecular formula is C57H89N17O12. The zero-order valence-electron chi connectivity index (χ0n) is 47.9. The third-order valence-electron chi connectivity index (χ3n) is 15.0. The summed E-state index contributed by atoms with van der Waals surface area (Å²) in [5, 5.41) is 36.2. The monoisotopic (exact) mass is 1200 g/mol. The lowest BCUT2D eigenvalue weighted by molar-refractivity contribution is -0.148. The largest absolute Gasteiger partial charge is 0.480 e. The normalized spacial score (nSPS) is 18.3. The van der Waals surface area contributed by atoms with Gasteiger partial charge >= 0.3 is 5.97 Å². The van der Waals surface area contributed by atoms with E-state index in [1.54, 1.807) is 60.7 Å². The number of benzene rings is 2. The molecule has 86 heavy (non-hydrogen) atoms. The van der Waals surface area contributed by atoms with Crippen LogP contribution in [0.1, 0.15) is 102 Å². The first-order chi connectivity index (χ1) is 40.7. The maximum atomic E-state index is 14.3. The van der Waals surface area contributed by atoms with Crippen molar-refractivity contribution < 1.29 is 58.2 Å². The molecule has 3 heterocycles. The van der Waals surface area contributed by atoms with Crippen LogP contribution in [0.2, 0.25) is 0 Å². The minimum absolute atomic E-state index is 0. The molecule has 3 fully saturated rings. The second kappa shape index (κ2) is 35.8. The highest BCUT2D eigenvalue weighted by Crippen LogP contribution is 2.27. The Hall–Kier alpha value is -8.44. The number of amides is 9. The third kappa shape index (κ3) is 21.6. The Bertz CT molecular complexity index is 2660. The Morgan fingerprint density at radius 1 is 0.547 bits per heavy atom. The van der Waals surface area contributed by atoms with E-state index >= 15 is 0 Å². The van der Waals surface area contributed by atoms with Gasteiger partial charge in [-0.2, -0.15) is 0 Å². The zero-order chi connectivity index (χ0) is 62.0. The first-order valence-electron chi connectivity index (χ1n) is 28.9. The van der Waals surface area contributed by atoms with Gasteiger partial charge in [-0.1, -0.05) is 74.5 Å². The van der Waals surface area contributed by atoms with E-state index < -0.39 is 127 Å². The summed E-state index contributed by atoms with van der Waals surface area (Å²) in [5.41, 5.74) is 34.7. The van der Waals surface area contributed by atoms with Gasteiger partial charge < -0.3 is 91.2 Å². The zero-order valence-corrected chi connectivity index (χ0v) is 47.9. The van der Waals surface area contributed by atoms with Crippen molar-refractivity contribution in [1.29, 1.82) is 0 Å². The van der Waals surface area contributed by atoms with Gasteiger partial charge in [-0.3, -0.25) is 53.1 Å². The molecule has 3 saturated heterocycles. The molecule has 0 spiro atoms. The lowest BCUT2D eigenvalue weighted by atomic mass is 10.0. The van der Waals surface area contributed by atoms with Crippen LogP contribution in [-0.2, 0) is 60.8 Å². The smallest absolute Gasteiger partial charge is 0.326 e. The molecule has 2 aromatic rings. The van der Waals surface area contributed by atoms with Gasteiger partial charge in [0.1, 0.15) is 48.3 Å². The van der Waals surface area contributed by atoms with Gasteiger partial charge in [0.15, 0.2) is 11.9 Å². The molecule has 29 heteroatoms. The Morgan fingerprint density at radius 2 is 1.01 bits per heavy atom. The van der Waals surface area contributed by atoms with Crippen LogP contribution in [0.4, 0.5) is 0 Å². The highest BCUT2D eigenvalue weighted by Gasteiger charge is 2.44. The number of rotatable bonds is 33. The van der Waals surface area contributed by atoms with E-state index in [-0.39, 0.29) is 97.0 Å². The summed E-state index contributed by atoms with van der Waals surface area (Å²) in [5.74, 6) is -7.85. The van der Waals surface area contributed by atoms with Gasteiger partial charge in [-0.25, -0.2) is 4.79 Å². The molecule has 3 aliphatic rings. The Balaban J connectivity index is 0.0000158. The maximum Gasteiger partial charge on any atom is 0.326 e. The number of nitrogens with two attached hydrogens (primary N) is 6. The van der Waals surface area contributed by atoms with Crippen LogP contribution in [0, 0.1) is 0 Å². The first-order valence-corrected chi connectivity index (χ1v) is 28.9. The van der Waals surface area contributed by atoms with Crippen molar-refractivity contribution >= 4 is 71.1 Å². The van der Waals surface area contributed by atoms with Crippen LogP contribution in [0.25, 0.3) is 0 Å². The standard InChI is InChI=1S/C56H85N17O12.CH4/c57-24-8-7-18-36(58)46(76)67-37(19-9-25-63-55(59)60)51(81)73-29-13-23-44(73)53(83)72-28-11-21-42(72)49(79)65-32-45(75)66-39(30-34-14-3-1-4-15-34)47(77)70-41(33-74)52(82)71-27-12-22-43(71)50(80)69-40(31-35-16-5-2-6-17-35)48(78)68-38(54(84)85)20-10-26-64-56(61)62;/h1-6,14-17,36-44,74H,7-13,18-33,57-58H2,(H,65,79)(H,66,75)(H,67,76)(H,68,78)(H,69,80)(H,70,77)(H,84,85)(H4,59,60,63)(H4,61,62,64);1H4. The summed E-state index contributed by atoms with van der Waals surface area (Å²) < 4.78 is 0.